The number of aromatic nitrogens is 3. The van der Waals surface area contributed by atoms with Gasteiger partial charge in [-0.15, -0.1) is 0 Å². The van der Waals surface area contributed by atoms with Gasteiger partial charge < -0.3 is 0 Å². The van der Waals surface area contributed by atoms with Crippen molar-refractivity contribution in [3.05, 3.63) is 42.5 Å². The number of rotatable bonds is 2. The molecule has 4 heteroatoms. The van der Waals surface area contributed by atoms with E-state index in [-0.39, 0.29) is 5.78 Å². The van der Waals surface area contributed by atoms with E-state index in [1.165, 1.54) is 13.1 Å². The standard InChI is InChI=1S/C11H9N3O/c1-8(15)10-11(14-7-6-13-10)9-4-2-3-5-12-9/h2-7H,1H3. The largest absolute Gasteiger partial charge is 0.293 e. The minimum Gasteiger partial charge on any atom is -0.293 e. The third-order valence-electron chi connectivity index (χ3n) is 1.94. The summed E-state index contributed by atoms with van der Waals surface area (Å²) in [7, 11) is 0. The molecule has 0 aromatic carbocycles. The summed E-state index contributed by atoms with van der Waals surface area (Å²) in [5.74, 6) is -0.108. The van der Waals surface area contributed by atoms with Gasteiger partial charge in [0.05, 0.1) is 5.69 Å². The van der Waals surface area contributed by atoms with Crippen LogP contribution in [0.3, 0.4) is 0 Å². The fraction of sp³-hybridized carbons (Fsp3) is 0.0909. The van der Waals surface area contributed by atoms with Crippen LogP contribution < -0.4 is 0 Å². The molecule has 0 atom stereocenters. The lowest BCUT2D eigenvalue weighted by Gasteiger charge is -2.02. The van der Waals surface area contributed by atoms with Gasteiger partial charge in [-0.3, -0.25) is 14.8 Å². The van der Waals surface area contributed by atoms with Crippen molar-refractivity contribution >= 4 is 5.78 Å². The molecule has 2 rings (SSSR count). The van der Waals surface area contributed by atoms with Gasteiger partial charge in [0.1, 0.15) is 11.4 Å². The Morgan fingerprint density at radius 3 is 2.53 bits per heavy atom. The van der Waals surface area contributed by atoms with Crippen LogP contribution >= 0.6 is 0 Å². The summed E-state index contributed by atoms with van der Waals surface area (Å²) < 4.78 is 0. The molecule has 15 heavy (non-hydrogen) atoms. The van der Waals surface area contributed by atoms with E-state index in [2.05, 4.69) is 15.0 Å². The fourth-order valence-electron chi connectivity index (χ4n) is 1.29. The third kappa shape index (κ3) is 1.88. The molecule has 0 bridgehead atoms. The highest BCUT2D eigenvalue weighted by Gasteiger charge is 2.11. The molecule has 2 aromatic heterocycles. The number of nitrogens with zero attached hydrogens (tertiary/aromatic N) is 3. The van der Waals surface area contributed by atoms with Crippen LogP contribution in [0.4, 0.5) is 0 Å². The highest BCUT2D eigenvalue weighted by molar-refractivity contribution is 5.97. The first-order valence-corrected chi connectivity index (χ1v) is 4.52. The van der Waals surface area contributed by atoms with E-state index in [9.17, 15) is 4.79 Å². The minimum absolute atomic E-state index is 0.108. The number of ketones is 1. The maximum atomic E-state index is 11.3. The average Bonchev–Trinajstić information content (AvgIpc) is 2.30. The van der Waals surface area contributed by atoms with Crippen molar-refractivity contribution in [2.75, 3.05) is 0 Å². The molecule has 0 aliphatic heterocycles. The van der Waals surface area contributed by atoms with Crippen molar-refractivity contribution < 1.29 is 4.79 Å². The molecule has 4 nitrogen and oxygen atoms in total. The number of Topliss-reactive ketones (excluding diaryl/α,β-unsaturated/α-hetero) is 1. The molecule has 0 amide bonds. The normalized spacial score (nSPS) is 9.93. The Balaban J connectivity index is 2.58. The van der Waals surface area contributed by atoms with Crippen molar-refractivity contribution in [1.82, 2.24) is 15.0 Å². The summed E-state index contributed by atoms with van der Waals surface area (Å²) >= 11 is 0. The molecule has 0 aliphatic rings. The smallest absolute Gasteiger partial charge is 0.180 e. The topological polar surface area (TPSA) is 55.7 Å². The Kier molecular flexibility index (Phi) is 2.49. The van der Waals surface area contributed by atoms with E-state index >= 15 is 0 Å². The zero-order valence-corrected chi connectivity index (χ0v) is 8.21. The van der Waals surface area contributed by atoms with Gasteiger partial charge in [0.2, 0.25) is 0 Å². The van der Waals surface area contributed by atoms with Gasteiger partial charge in [-0.05, 0) is 12.1 Å². The molecule has 0 unspecified atom stereocenters. The van der Waals surface area contributed by atoms with E-state index in [4.69, 9.17) is 0 Å². The number of hydrogen-bond acceptors (Lipinski definition) is 4. The highest BCUT2D eigenvalue weighted by Crippen LogP contribution is 2.16. The number of hydrogen-bond donors (Lipinski definition) is 0. The van der Waals surface area contributed by atoms with E-state index in [1.807, 2.05) is 12.1 Å². The molecule has 74 valence electrons. The van der Waals surface area contributed by atoms with Gasteiger partial charge in [-0.2, -0.15) is 0 Å². The summed E-state index contributed by atoms with van der Waals surface area (Å²) in [4.78, 5) is 23.6. The molecular formula is C11H9N3O. The van der Waals surface area contributed by atoms with Crippen LogP contribution in [0.5, 0.6) is 0 Å². The number of carbonyl (C=O) groups is 1. The SMILES string of the molecule is CC(=O)c1nccnc1-c1ccccn1. The number of pyridine rings is 1. The first-order chi connectivity index (χ1) is 7.29. The van der Waals surface area contributed by atoms with Gasteiger partial charge in [0.15, 0.2) is 5.78 Å². The Bertz CT molecular complexity index is 482. The van der Waals surface area contributed by atoms with Crippen molar-refractivity contribution in [2.45, 2.75) is 6.92 Å². The lowest BCUT2D eigenvalue weighted by Crippen LogP contribution is -2.02. The zero-order valence-electron chi connectivity index (χ0n) is 8.21. The van der Waals surface area contributed by atoms with Crippen LogP contribution in [0, 0.1) is 0 Å². The highest BCUT2D eigenvalue weighted by atomic mass is 16.1. The molecule has 0 aliphatic carbocycles. The monoisotopic (exact) mass is 199 g/mol. The van der Waals surface area contributed by atoms with Gasteiger partial charge in [-0.1, -0.05) is 6.07 Å². The molecule has 0 saturated heterocycles. The lowest BCUT2D eigenvalue weighted by molar-refractivity contribution is 0.101. The van der Waals surface area contributed by atoms with E-state index in [0.717, 1.165) is 0 Å². The second kappa shape index (κ2) is 3.96. The third-order valence-corrected chi connectivity index (χ3v) is 1.94. The van der Waals surface area contributed by atoms with Crippen LogP contribution in [0.1, 0.15) is 17.4 Å². The van der Waals surface area contributed by atoms with Crippen molar-refractivity contribution in [2.24, 2.45) is 0 Å². The van der Waals surface area contributed by atoms with E-state index in [1.54, 1.807) is 18.5 Å². The molecule has 0 fully saturated rings. The molecule has 0 spiro atoms. The predicted octanol–water partition coefficient (Wildman–Crippen LogP) is 1.74. The van der Waals surface area contributed by atoms with Gasteiger partial charge >= 0.3 is 0 Å². The molecule has 0 radical (unpaired) electrons. The quantitative estimate of drug-likeness (QED) is 0.691. The Labute approximate surface area is 87.0 Å². The maximum Gasteiger partial charge on any atom is 0.180 e. The summed E-state index contributed by atoms with van der Waals surface area (Å²) in [5.41, 5.74) is 1.55. The van der Waals surface area contributed by atoms with Gasteiger partial charge in [0, 0.05) is 25.5 Å². The minimum atomic E-state index is -0.108. The van der Waals surface area contributed by atoms with Crippen LogP contribution in [0.2, 0.25) is 0 Å². The second-order valence-corrected chi connectivity index (χ2v) is 3.02. The fourth-order valence-corrected chi connectivity index (χ4v) is 1.29. The van der Waals surface area contributed by atoms with Crippen LogP contribution in [0.15, 0.2) is 36.8 Å². The van der Waals surface area contributed by atoms with Crippen molar-refractivity contribution in [1.29, 1.82) is 0 Å². The Hall–Kier alpha value is -2.10. The summed E-state index contributed by atoms with van der Waals surface area (Å²) in [6, 6.07) is 5.46. The average molecular weight is 199 g/mol. The van der Waals surface area contributed by atoms with Crippen LogP contribution in [-0.2, 0) is 0 Å². The van der Waals surface area contributed by atoms with E-state index < -0.39 is 0 Å². The van der Waals surface area contributed by atoms with E-state index in [0.29, 0.717) is 17.1 Å². The van der Waals surface area contributed by atoms with Crippen molar-refractivity contribution in [3.63, 3.8) is 0 Å². The molecule has 2 heterocycles. The predicted molar refractivity (Wildman–Crippen MR) is 55.3 cm³/mol. The summed E-state index contributed by atoms with van der Waals surface area (Å²) in [6.07, 6.45) is 4.72. The van der Waals surface area contributed by atoms with Crippen LogP contribution in [0.25, 0.3) is 11.4 Å². The van der Waals surface area contributed by atoms with Crippen LogP contribution in [-0.4, -0.2) is 20.7 Å². The number of carbonyl (C=O) groups excluding carboxylic acids is 1. The first kappa shape index (κ1) is 9.45. The summed E-state index contributed by atoms with van der Waals surface area (Å²) in [6.45, 7) is 1.47. The van der Waals surface area contributed by atoms with Crippen molar-refractivity contribution in [3.8, 4) is 11.4 Å². The molecule has 2 aromatic rings. The summed E-state index contributed by atoms with van der Waals surface area (Å²) in [5, 5.41) is 0. The lowest BCUT2D eigenvalue weighted by atomic mass is 10.2. The molecule has 0 saturated carbocycles. The second-order valence-electron chi connectivity index (χ2n) is 3.02. The molecular weight excluding hydrogens is 190 g/mol. The first-order valence-electron chi connectivity index (χ1n) is 4.52. The van der Waals surface area contributed by atoms with Gasteiger partial charge in [0.25, 0.3) is 0 Å². The Morgan fingerprint density at radius 2 is 1.87 bits per heavy atom. The molecule has 0 N–H and O–H groups in total. The Morgan fingerprint density at radius 1 is 1.07 bits per heavy atom. The van der Waals surface area contributed by atoms with Gasteiger partial charge in [-0.25, -0.2) is 4.98 Å². The maximum absolute atomic E-state index is 11.3. The zero-order chi connectivity index (χ0) is 10.7.